The average Bonchev–Trinajstić information content (AvgIpc) is 2.48. The van der Waals surface area contributed by atoms with E-state index < -0.39 is 28.6 Å². The van der Waals surface area contributed by atoms with Crippen LogP contribution in [0.4, 0.5) is 11.4 Å². The summed E-state index contributed by atoms with van der Waals surface area (Å²) in [6.07, 6.45) is 4.18. The van der Waals surface area contributed by atoms with Crippen molar-refractivity contribution in [1.82, 2.24) is 0 Å². The van der Waals surface area contributed by atoms with Crippen molar-refractivity contribution < 1.29 is 19.6 Å². The number of carboxylic acid groups (broad SMARTS) is 1. The van der Waals surface area contributed by atoms with Crippen LogP contribution in [-0.4, -0.2) is 21.9 Å². The Balaban J connectivity index is 2.18. The maximum atomic E-state index is 12.3. The molecule has 1 aromatic carbocycles. The lowest BCUT2D eigenvalue weighted by Gasteiger charge is -2.24. The van der Waals surface area contributed by atoms with E-state index in [0.29, 0.717) is 24.1 Å². The minimum atomic E-state index is -1.01. The van der Waals surface area contributed by atoms with Gasteiger partial charge in [-0.2, -0.15) is 0 Å². The Morgan fingerprint density at radius 3 is 2.50 bits per heavy atom. The molecule has 0 aromatic heterocycles. The largest absolute Gasteiger partial charge is 0.481 e. The van der Waals surface area contributed by atoms with E-state index in [1.54, 1.807) is 31.2 Å². The summed E-state index contributed by atoms with van der Waals surface area (Å²) in [7, 11) is 0. The van der Waals surface area contributed by atoms with E-state index in [0.717, 1.165) is 0 Å². The van der Waals surface area contributed by atoms with Crippen LogP contribution in [0.1, 0.15) is 18.4 Å². The van der Waals surface area contributed by atoms with Crippen molar-refractivity contribution in [3.05, 3.63) is 46.0 Å². The lowest BCUT2D eigenvalue weighted by molar-refractivity contribution is -0.385. The molecule has 0 saturated heterocycles. The predicted octanol–water partition coefficient (Wildman–Crippen LogP) is 2.51. The molecular formula is C15H16N2O5. The van der Waals surface area contributed by atoms with Gasteiger partial charge >= 0.3 is 5.97 Å². The molecule has 0 heterocycles. The fraction of sp³-hybridized carbons (Fsp3) is 0.333. The zero-order valence-electron chi connectivity index (χ0n) is 12.0. The van der Waals surface area contributed by atoms with Gasteiger partial charge in [-0.3, -0.25) is 19.7 Å². The van der Waals surface area contributed by atoms with E-state index in [4.69, 9.17) is 0 Å². The Hall–Kier alpha value is -2.70. The fourth-order valence-corrected chi connectivity index (χ4v) is 2.50. The van der Waals surface area contributed by atoms with E-state index in [1.807, 2.05) is 0 Å². The lowest BCUT2D eigenvalue weighted by atomic mass is 9.82. The van der Waals surface area contributed by atoms with Crippen LogP contribution in [-0.2, 0) is 9.59 Å². The van der Waals surface area contributed by atoms with Crippen molar-refractivity contribution >= 4 is 23.3 Å². The van der Waals surface area contributed by atoms with Gasteiger partial charge in [0.2, 0.25) is 5.91 Å². The van der Waals surface area contributed by atoms with Gasteiger partial charge in [-0.05, 0) is 25.8 Å². The monoisotopic (exact) mass is 304 g/mol. The molecule has 7 nitrogen and oxygen atoms in total. The topological polar surface area (TPSA) is 110 Å². The number of nitro benzene ring substituents is 1. The molecule has 7 heteroatoms. The second-order valence-corrected chi connectivity index (χ2v) is 5.24. The number of benzene rings is 1. The zero-order valence-corrected chi connectivity index (χ0v) is 12.0. The molecule has 116 valence electrons. The first kappa shape index (κ1) is 15.7. The average molecular weight is 304 g/mol. The highest BCUT2D eigenvalue weighted by molar-refractivity contribution is 5.95. The molecule has 0 aliphatic heterocycles. The van der Waals surface area contributed by atoms with Gasteiger partial charge in [-0.15, -0.1) is 0 Å². The number of aliphatic carboxylic acids is 1. The number of amides is 1. The number of rotatable bonds is 4. The number of nitrogens with zero attached hydrogens (tertiary/aromatic N) is 1. The first-order valence-corrected chi connectivity index (χ1v) is 6.84. The van der Waals surface area contributed by atoms with Crippen molar-refractivity contribution in [2.45, 2.75) is 19.8 Å². The molecule has 0 radical (unpaired) electrons. The van der Waals surface area contributed by atoms with E-state index in [2.05, 4.69) is 5.32 Å². The van der Waals surface area contributed by atoms with E-state index in [-0.39, 0.29) is 5.69 Å². The number of allylic oxidation sites excluding steroid dienone is 2. The summed E-state index contributed by atoms with van der Waals surface area (Å²) >= 11 is 0. The third kappa shape index (κ3) is 3.30. The maximum absolute atomic E-state index is 12.3. The summed E-state index contributed by atoms with van der Waals surface area (Å²) < 4.78 is 0. The molecule has 0 bridgehead atoms. The molecule has 1 amide bonds. The third-order valence-corrected chi connectivity index (χ3v) is 3.76. The van der Waals surface area contributed by atoms with Crippen molar-refractivity contribution in [1.29, 1.82) is 0 Å². The number of carbonyl (C=O) groups excluding carboxylic acids is 1. The summed E-state index contributed by atoms with van der Waals surface area (Å²) in [4.78, 5) is 33.9. The number of nitrogens with one attached hydrogen (secondary N) is 1. The van der Waals surface area contributed by atoms with Crippen LogP contribution >= 0.6 is 0 Å². The molecule has 0 fully saturated rings. The molecule has 2 N–H and O–H groups in total. The van der Waals surface area contributed by atoms with Crippen LogP contribution in [0.25, 0.3) is 0 Å². The first-order chi connectivity index (χ1) is 10.4. The third-order valence-electron chi connectivity index (χ3n) is 3.76. The van der Waals surface area contributed by atoms with E-state index >= 15 is 0 Å². The summed E-state index contributed by atoms with van der Waals surface area (Å²) in [6, 6.07) is 4.39. The molecule has 2 atom stereocenters. The molecule has 0 spiro atoms. The molecule has 1 aromatic rings. The summed E-state index contributed by atoms with van der Waals surface area (Å²) in [5.41, 5.74) is 0.698. The van der Waals surface area contributed by atoms with Crippen molar-refractivity contribution in [2.24, 2.45) is 11.8 Å². The minimum absolute atomic E-state index is 0.0869. The zero-order chi connectivity index (χ0) is 16.3. The standard InChI is InChI=1S/C15H16N2O5/c1-9-6-7-10(8-13(9)17(21)22)16-14(18)11-4-2-3-5-12(11)15(19)20/h2-3,6-8,11-12H,4-5H2,1H3,(H,16,18)(H,19,20)/t11-,12-/m0/s1. The Kier molecular flexibility index (Phi) is 4.55. The van der Waals surface area contributed by atoms with E-state index in [9.17, 15) is 24.8 Å². The number of hydrogen-bond acceptors (Lipinski definition) is 4. The Morgan fingerprint density at radius 1 is 1.27 bits per heavy atom. The summed E-state index contributed by atoms with van der Waals surface area (Å²) in [5, 5.41) is 22.7. The van der Waals surface area contributed by atoms with Crippen LogP contribution < -0.4 is 5.32 Å². The van der Waals surface area contributed by atoms with Crippen molar-refractivity contribution in [2.75, 3.05) is 5.32 Å². The Morgan fingerprint density at radius 2 is 1.91 bits per heavy atom. The molecule has 0 unspecified atom stereocenters. The van der Waals surface area contributed by atoms with Crippen molar-refractivity contribution in [3.8, 4) is 0 Å². The number of carboxylic acids is 1. The normalized spacial score (nSPS) is 20.4. The summed E-state index contributed by atoms with van der Waals surface area (Å²) in [6.45, 7) is 1.61. The van der Waals surface area contributed by atoms with Gasteiger partial charge in [0.05, 0.1) is 16.8 Å². The van der Waals surface area contributed by atoms with Gasteiger partial charge in [0.1, 0.15) is 0 Å². The highest BCUT2D eigenvalue weighted by atomic mass is 16.6. The summed E-state index contributed by atoms with van der Waals surface area (Å²) in [5.74, 6) is -2.90. The van der Waals surface area contributed by atoms with Crippen LogP contribution in [0.5, 0.6) is 0 Å². The number of anilines is 1. The first-order valence-electron chi connectivity index (χ1n) is 6.84. The number of carbonyl (C=O) groups is 2. The molecule has 0 saturated carbocycles. The van der Waals surface area contributed by atoms with Crippen molar-refractivity contribution in [3.63, 3.8) is 0 Å². The van der Waals surface area contributed by atoms with Crippen LogP contribution in [0.15, 0.2) is 30.4 Å². The lowest BCUT2D eigenvalue weighted by Crippen LogP contribution is -2.34. The number of nitro groups is 1. The van der Waals surface area contributed by atoms with Gasteiger partial charge in [-0.1, -0.05) is 18.2 Å². The molecule has 1 aliphatic rings. The Bertz CT molecular complexity index is 653. The molecule has 2 rings (SSSR count). The molecule has 22 heavy (non-hydrogen) atoms. The van der Waals surface area contributed by atoms with Gasteiger partial charge in [-0.25, -0.2) is 0 Å². The maximum Gasteiger partial charge on any atom is 0.307 e. The number of aryl methyl sites for hydroxylation is 1. The number of hydrogen-bond donors (Lipinski definition) is 2. The van der Waals surface area contributed by atoms with Crippen LogP contribution in [0, 0.1) is 28.9 Å². The van der Waals surface area contributed by atoms with Gasteiger partial charge in [0.15, 0.2) is 0 Å². The molecule has 1 aliphatic carbocycles. The minimum Gasteiger partial charge on any atom is -0.481 e. The quantitative estimate of drug-likeness (QED) is 0.504. The fourth-order valence-electron chi connectivity index (χ4n) is 2.50. The van der Waals surface area contributed by atoms with Gasteiger partial charge < -0.3 is 10.4 Å². The van der Waals surface area contributed by atoms with Crippen LogP contribution in [0.2, 0.25) is 0 Å². The highest BCUT2D eigenvalue weighted by Crippen LogP contribution is 2.28. The van der Waals surface area contributed by atoms with Gasteiger partial charge in [0.25, 0.3) is 5.69 Å². The smallest absolute Gasteiger partial charge is 0.307 e. The molecular weight excluding hydrogens is 288 g/mol. The SMILES string of the molecule is Cc1ccc(NC(=O)[C@H]2CC=CC[C@@H]2C(=O)O)cc1[N+](=O)[O-]. The van der Waals surface area contributed by atoms with Gasteiger partial charge in [0, 0.05) is 17.3 Å². The predicted molar refractivity (Wildman–Crippen MR) is 79.5 cm³/mol. The highest BCUT2D eigenvalue weighted by Gasteiger charge is 2.34. The van der Waals surface area contributed by atoms with E-state index in [1.165, 1.54) is 6.07 Å². The Labute approximate surface area is 126 Å². The second kappa shape index (κ2) is 6.38. The van der Waals surface area contributed by atoms with Crippen LogP contribution in [0.3, 0.4) is 0 Å². The second-order valence-electron chi connectivity index (χ2n) is 5.24.